The summed E-state index contributed by atoms with van der Waals surface area (Å²) >= 11 is 0. The van der Waals surface area contributed by atoms with E-state index in [-0.39, 0.29) is 0 Å². The molecule has 25 aromatic rings. The average Bonchev–Trinajstić information content (AvgIpc) is 1.54. The fraction of sp³-hybridized carbons (Fsp3) is 0.0420. The monoisotopic (exact) mass is 1590 g/mol. The van der Waals surface area contributed by atoms with Gasteiger partial charge in [-0.05, 0) is 197 Å². The van der Waals surface area contributed by atoms with Crippen molar-refractivity contribution >= 4 is 141 Å². The number of hydrogen-bond acceptors (Lipinski definition) is 0. The predicted molar refractivity (Wildman–Crippen MR) is 531 cm³/mol. The summed E-state index contributed by atoms with van der Waals surface area (Å²) in [6, 6.07) is 161. The summed E-state index contributed by atoms with van der Waals surface area (Å²) in [4.78, 5) is 0. The van der Waals surface area contributed by atoms with E-state index in [0.717, 1.165) is 0 Å². The molecule has 0 fully saturated rings. The highest BCUT2D eigenvalue weighted by Gasteiger charge is 2.21. The molecule has 0 N–H and O–H groups in total. The second-order valence-corrected chi connectivity index (χ2v) is 32.6. The SMILES string of the molecule is Cc1ccc(-n2c3cc(-c4ccccc4)ccc3c3ccc(-c4ccccc4)cc32)cc1.Cc1ccc(-n2c3ccccc3c3c4ccccc4ccc32)cc1.Cc1ccc2c3ccccc3n(-c3ccccc3)c2c1.Cc1cccc(-c2ccc3c4ccccc4n(-c4ccccc4)c3c2)c1.Cn1c2ccccc2c2c3ccccc3c3ccccc3c21. The zero-order chi connectivity index (χ0) is 83.3. The first kappa shape index (κ1) is 75.6. The third-order valence-electron chi connectivity index (χ3n) is 24.8. The highest BCUT2D eigenvalue weighted by atomic mass is 15.0. The van der Waals surface area contributed by atoms with Crippen molar-refractivity contribution < 1.29 is 0 Å². The molecule has 5 heterocycles. The van der Waals surface area contributed by atoms with Gasteiger partial charge in [-0.1, -0.05) is 362 Å². The van der Waals surface area contributed by atoms with Crippen molar-refractivity contribution in [1.82, 2.24) is 22.8 Å². The minimum Gasteiger partial charge on any atom is -0.343 e. The van der Waals surface area contributed by atoms with Gasteiger partial charge in [0.1, 0.15) is 0 Å². The number of aromatic nitrogens is 5. The van der Waals surface area contributed by atoms with Gasteiger partial charge in [0.05, 0.1) is 49.7 Å². The van der Waals surface area contributed by atoms with Crippen molar-refractivity contribution in [2.24, 2.45) is 7.05 Å². The highest BCUT2D eigenvalue weighted by Crippen LogP contribution is 2.44. The Morgan fingerprint density at radius 1 is 0.153 bits per heavy atom. The molecule has 590 valence electrons. The number of aryl methyl sites for hydroxylation is 5. The molecule has 25 rings (SSSR count). The van der Waals surface area contributed by atoms with Crippen molar-refractivity contribution in [3.63, 3.8) is 0 Å². The molecule has 20 aromatic carbocycles. The van der Waals surface area contributed by atoms with E-state index in [0.29, 0.717) is 0 Å². The van der Waals surface area contributed by atoms with Gasteiger partial charge in [0.15, 0.2) is 0 Å². The van der Waals surface area contributed by atoms with Crippen LogP contribution < -0.4 is 0 Å². The van der Waals surface area contributed by atoms with Crippen LogP contribution in [0.15, 0.2) is 449 Å². The Morgan fingerprint density at radius 2 is 0.468 bits per heavy atom. The van der Waals surface area contributed by atoms with Crippen LogP contribution in [0, 0.1) is 27.7 Å². The largest absolute Gasteiger partial charge is 0.343 e. The van der Waals surface area contributed by atoms with Gasteiger partial charge < -0.3 is 22.8 Å². The number of nitrogens with zero attached hydrogens (tertiary/aromatic N) is 5. The fourth-order valence-electron chi connectivity index (χ4n) is 18.9. The van der Waals surface area contributed by atoms with Crippen LogP contribution in [0.2, 0.25) is 0 Å². The number of rotatable bonds is 7. The summed E-state index contributed by atoms with van der Waals surface area (Å²) in [6.07, 6.45) is 0. The zero-order valence-corrected chi connectivity index (χ0v) is 70.0. The van der Waals surface area contributed by atoms with Gasteiger partial charge in [-0.3, -0.25) is 0 Å². The van der Waals surface area contributed by atoms with Crippen LogP contribution in [0.4, 0.5) is 0 Å². The maximum atomic E-state index is 2.41. The lowest BCUT2D eigenvalue weighted by atomic mass is 9.97. The van der Waals surface area contributed by atoms with Gasteiger partial charge in [-0.15, -0.1) is 0 Å². The molecule has 0 radical (unpaired) electrons. The minimum atomic E-state index is 1.19. The van der Waals surface area contributed by atoms with Crippen LogP contribution in [0.3, 0.4) is 0 Å². The number of fused-ring (bicyclic) bond motifs is 22. The third kappa shape index (κ3) is 13.8. The second kappa shape index (κ2) is 32.4. The van der Waals surface area contributed by atoms with Gasteiger partial charge in [0.25, 0.3) is 0 Å². The van der Waals surface area contributed by atoms with Crippen molar-refractivity contribution in [3.05, 3.63) is 471 Å². The van der Waals surface area contributed by atoms with E-state index >= 15 is 0 Å². The lowest BCUT2D eigenvalue weighted by molar-refractivity contribution is 1.02. The maximum absolute atomic E-state index is 2.41. The first-order valence-electron chi connectivity index (χ1n) is 42.8. The lowest BCUT2D eigenvalue weighted by Crippen LogP contribution is -1.94. The molecule has 0 saturated carbocycles. The molecule has 124 heavy (non-hydrogen) atoms. The Morgan fingerprint density at radius 3 is 0.968 bits per heavy atom. The highest BCUT2D eigenvalue weighted by molar-refractivity contribution is 6.32. The molecular formula is C119H89N5. The first-order valence-corrected chi connectivity index (χ1v) is 42.8. The molecule has 5 nitrogen and oxygen atoms in total. The van der Waals surface area contributed by atoms with Gasteiger partial charge >= 0.3 is 0 Å². The van der Waals surface area contributed by atoms with Crippen LogP contribution in [0.25, 0.3) is 197 Å². The molecule has 0 atom stereocenters. The standard InChI is InChI=1S/C31H23N.C25H19N.C23H17N.C21H15N.C19H15N/c1-22-12-16-27(17-13-22)32-30-20-25(23-8-4-2-5-9-23)14-18-28(30)29-19-15-26(21-31(29)32)24-10-6-3-7-11-24;1-18-8-7-9-19(16-18)20-14-15-23-22-12-5-6-13-24(22)26(25(23)17-20)21-10-3-2-4-11-21;1-16-10-13-18(14-11-16)24-21-9-5-4-8-20(21)23-19-7-3-2-6-17(19)12-15-22(23)24;1-22-19-13-7-6-12-18(19)20-16-10-4-2-8-14(16)15-9-3-5-11-17(15)21(20)22;1-14-11-12-17-16-9-5-6-10-18(16)20(19(17)13-14)15-7-3-2-4-8-15/h2-21H,1H3;2-17H,1H3;2-15H,1H3;2-13H,1H3;2-13H,1H3. The smallest absolute Gasteiger partial charge is 0.0574 e. The van der Waals surface area contributed by atoms with E-state index in [1.54, 1.807) is 0 Å². The summed E-state index contributed by atoms with van der Waals surface area (Å²) in [5.41, 5.74) is 30.0. The second-order valence-electron chi connectivity index (χ2n) is 32.6. The molecule has 5 aromatic heterocycles. The average molecular weight is 1590 g/mol. The molecule has 0 aliphatic heterocycles. The normalized spacial score (nSPS) is 11.4. The maximum Gasteiger partial charge on any atom is 0.0574 e. The first-order chi connectivity index (χ1) is 61.1. The summed E-state index contributed by atoms with van der Waals surface area (Å²) in [5, 5.41) is 21.1. The minimum absolute atomic E-state index is 1.19. The summed E-state index contributed by atoms with van der Waals surface area (Å²) in [6.45, 7) is 8.55. The summed E-state index contributed by atoms with van der Waals surface area (Å²) < 4.78 is 11.8. The topological polar surface area (TPSA) is 24.6 Å². The molecule has 0 aliphatic rings. The quantitative estimate of drug-likeness (QED) is 0.142. The van der Waals surface area contributed by atoms with E-state index in [1.807, 2.05) is 0 Å². The molecule has 5 heteroatoms. The molecular weight excluding hydrogens is 1500 g/mol. The van der Waals surface area contributed by atoms with E-state index in [9.17, 15) is 0 Å². The predicted octanol–water partition coefficient (Wildman–Crippen LogP) is 32.2. The van der Waals surface area contributed by atoms with Gasteiger partial charge in [-0.2, -0.15) is 0 Å². The molecule has 0 amide bonds. The van der Waals surface area contributed by atoms with Crippen LogP contribution >= 0.6 is 0 Å². The van der Waals surface area contributed by atoms with E-state index in [4.69, 9.17) is 0 Å². The molecule has 0 unspecified atom stereocenters. The zero-order valence-electron chi connectivity index (χ0n) is 70.0. The van der Waals surface area contributed by atoms with Crippen molar-refractivity contribution in [1.29, 1.82) is 0 Å². The Labute approximate surface area is 721 Å². The third-order valence-corrected chi connectivity index (χ3v) is 24.8. The van der Waals surface area contributed by atoms with Crippen LogP contribution in [-0.4, -0.2) is 22.8 Å². The number of para-hydroxylation sites is 6. The summed E-state index contributed by atoms with van der Waals surface area (Å²) in [5.74, 6) is 0. The van der Waals surface area contributed by atoms with Crippen molar-refractivity contribution in [2.45, 2.75) is 27.7 Å². The Hall–Kier alpha value is -15.8. The van der Waals surface area contributed by atoms with Gasteiger partial charge in [0, 0.05) is 94.6 Å². The summed E-state index contributed by atoms with van der Waals surface area (Å²) in [7, 11) is 2.17. The van der Waals surface area contributed by atoms with Gasteiger partial charge in [-0.25, -0.2) is 0 Å². The number of hydrogen-bond donors (Lipinski definition) is 0. The van der Waals surface area contributed by atoms with Crippen LogP contribution in [0.5, 0.6) is 0 Å². The van der Waals surface area contributed by atoms with E-state index in [2.05, 4.69) is 506 Å². The van der Waals surface area contributed by atoms with E-state index in [1.165, 1.54) is 220 Å². The Balaban J connectivity index is 0.0000000958. The fourth-order valence-corrected chi connectivity index (χ4v) is 18.9. The molecule has 0 aliphatic carbocycles. The van der Waals surface area contributed by atoms with Crippen molar-refractivity contribution in [3.8, 4) is 56.1 Å². The van der Waals surface area contributed by atoms with Crippen molar-refractivity contribution in [2.75, 3.05) is 0 Å². The Kier molecular flexibility index (Phi) is 19.8. The molecule has 0 bridgehead atoms. The van der Waals surface area contributed by atoms with Crippen LogP contribution in [0.1, 0.15) is 22.3 Å². The van der Waals surface area contributed by atoms with Crippen LogP contribution in [-0.2, 0) is 7.05 Å². The number of benzene rings is 20. The Bertz CT molecular complexity index is 8210. The van der Waals surface area contributed by atoms with E-state index < -0.39 is 0 Å². The molecule has 0 saturated heterocycles. The lowest BCUT2D eigenvalue weighted by Gasteiger charge is -2.10. The molecule has 0 spiro atoms. The van der Waals surface area contributed by atoms with Gasteiger partial charge in [0.2, 0.25) is 0 Å².